The molecule has 0 saturated heterocycles. The first-order chi connectivity index (χ1) is 5.27. The van der Waals surface area contributed by atoms with Crippen LogP contribution in [0.3, 0.4) is 0 Å². The molecule has 58 valence electrons. The van der Waals surface area contributed by atoms with Crippen molar-refractivity contribution in [3.8, 4) is 0 Å². The summed E-state index contributed by atoms with van der Waals surface area (Å²) in [5.74, 6) is 0. The first-order valence-electron chi connectivity index (χ1n) is 3.10. The molecule has 0 atom stereocenters. The number of hydrogen-bond acceptors (Lipinski definition) is 1. The number of halogens is 2. The van der Waals surface area contributed by atoms with Gasteiger partial charge in [0.15, 0.2) is 0 Å². The van der Waals surface area contributed by atoms with E-state index < -0.39 is 6.67 Å². The Kier molecular flexibility index (Phi) is 2.60. The van der Waals surface area contributed by atoms with Gasteiger partial charge in [-0.3, -0.25) is 4.98 Å². The molecule has 0 saturated carbocycles. The van der Waals surface area contributed by atoms with E-state index in [9.17, 15) is 4.39 Å². The topological polar surface area (TPSA) is 12.9 Å². The molecule has 1 rings (SSSR count). The largest absolute Gasteiger partial charge is 0.255 e. The summed E-state index contributed by atoms with van der Waals surface area (Å²) in [5, 5.41) is 0.447. The van der Waals surface area contributed by atoms with E-state index >= 15 is 0 Å². The summed E-state index contributed by atoms with van der Waals surface area (Å²) in [5.41, 5.74) is 1.03. The number of nitrogens with zero attached hydrogens (tertiary/aromatic N) is 1. The van der Waals surface area contributed by atoms with Gasteiger partial charge in [0.25, 0.3) is 0 Å². The highest BCUT2D eigenvalue weighted by atomic mass is 35.5. The van der Waals surface area contributed by atoms with Gasteiger partial charge in [0.1, 0.15) is 6.67 Å². The molecule has 1 aromatic rings. The number of alkyl halides is 1. The van der Waals surface area contributed by atoms with Gasteiger partial charge >= 0.3 is 0 Å². The van der Waals surface area contributed by atoms with Gasteiger partial charge in [0, 0.05) is 11.8 Å². The van der Waals surface area contributed by atoms with Crippen molar-refractivity contribution in [1.29, 1.82) is 0 Å². The summed E-state index contributed by atoms with van der Waals surface area (Å²) in [6.45, 7) is 2.94. The highest BCUT2D eigenvalue weighted by molar-refractivity contribution is 6.30. The van der Waals surface area contributed by atoms with Gasteiger partial charge in [0.05, 0.1) is 10.7 Å². The van der Waals surface area contributed by atoms with Crippen LogP contribution in [0.2, 0.25) is 5.02 Å². The predicted molar refractivity (Wildman–Crippen MR) is 44.2 cm³/mol. The van der Waals surface area contributed by atoms with Crippen LogP contribution in [-0.4, -0.2) is 4.98 Å². The zero-order chi connectivity index (χ0) is 8.27. The van der Waals surface area contributed by atoms with Crippen molar-refractivity contribution in [3.05, 3.63) is 35.1 Å². The van der Waals surface area contributed by atoms with Gasteiger partial charge in [-0.15, -0.1) is 0 Å². The molecule has 0 aliphatic rings. The minimum atomic E-state index is -0.561. The second kappa shape index (κ2) is 3.49. The van der Waals surface area contributed by atoms with E-state index in [0.717, 1.165) is 0 Å². The first-order valence-corrected chi connectivity index (χ1v) is 3.48. The summed E-state index contributed by atoms with van der Waals surface area (Å²) in [6.07, 6.45) is 2.98. The van der Waals surface area contributed by atoms with E-state index in [1.165, 1.54) is 12.3 Å². The number of aromatic nitrogens is 1. The van der Waals surface area contributed by atoms with Crippen LogP contribution in [0.25, 0.3) is 6.08 Å². The lowest BCUT2D eigenvalue weighted by atomic mass is 10.2. The van der Waals surface area contributed by atoms with Crippen LogP contribution in [0, 0.1) is 0 Å². The Labute approximate surface area is 69.5 Å². The molecular weight excluding hydrogens is 165 g/mol. The fourth-order valence-corrected chi connectivity index (χ4v) is 0.963. The first kappa shape index (κ1) is 8.21. The lowest BCUT2D eigenvalue weighted by Gasteiger charge is -1.99. The molecule has 0 fully saturated rings. The molecule has 1 heterocycles. The molecule has 0 aliphatic carbocycles. The maximum absolute atomic E-state index is 12.2. The maximum Gasteiger partial charge on any atom is 0.117 e. The normalized spacial score (nSPS) is 9.64. The van der Waals surface area contributed by atoms with Crippen LogP contribution < -0.4 is 0 Å². The standard InChI is InChI=1S/C8H7ClFN/c1-2-8-6(4-10)3-7(9)5-11-8/h2-3,5H,1,4H2. The molecule has 0 radical (unpaired) electrons. The van der Waals surface area contributed by atoms with Crippen molar-refractivity contribution in [2.24, 2.45) is 0 Å². The van der Waals surface area contributed by atoms with E-state index in [1.54, 1.807) is 6.07 Å². The summed E-state index contributed by atoms with van der Waals surface area (Å²) in [7, 11) is 0. The molecule has 0 aromatic carbocycles. The van der Waals surface area contributed by atoms with E-state index in [0.29, 0.717) is 16.3 Å². The van der Waals surface area contributed by atoms with E-state index in [2.05, 4.69) is 11.6 Å². The summed E-state index contributed by atoms with van der Waals surface area (Å²) in [6, 6.07) is 1.55. The van der Waals surface area contributed by atoms with Crippen LogP contribution in [0.15, 0.2) is 18.8 Å². The van der Waals surface area contributed by atoms with E-state index in [1.807, 2.05) is 0 Å². The van der Waals surface area contributed by atoms with Crippen molar-refractivity contribution in [2.75, 3.05) is 0 Å². The maximum atomic E-state index is 12.2. The van der Waals surface area contributed by atoms with Crippen molar-refractivity contribution in [3.63, 3.8) is 0 Å². The molecule has 0 amide bonds. The second-order valence-corrected chi connectivity index (χ2v) is 2.47. The molecule has 0 N–H and O–H groups in total. The molecule has 1 aromatic heterocycles. The zero-order valence-electron chi connectivity index (χ0n) is 5.85. The van der Waals surface area contributed by atoms with Gasteiger partial charge in [-0.2, -0.15) is 0 Å². The minimum Gasteiger partial charge on any atom is -0.255 e. The molecule has 3 heteroatoms. The Hall–Kier alpha value is -0.890. The number of pyridine rings is 1. The lowest BCUT2D eigenvalue weighted by molar-refractivity contribution is 0.483. The Bertz CT molecular complexity index is 273. The Morgan fingerprint density at radius 3 is 3.00 bits per heavy atom. The predicted octanol–water partition coefficient (Wildman–Crippen LogP) is 2.85. The minimum absolute atomic E-state index is 0.447. The SMILES string of the molecule is C=Cc1ncc(Cl)cc1CF. The van der Waals surface area contributed by atoms with Gasteiger partial charge < -0.3 is 0 Å². The number of rotatable bonds is 2. The molecule has 0 aliphatic heterocycles. The van der Waals surface area contributed by atoms with Crippen LogP contribution >= 0.6 is 11.6 Å². The fourth-order valence-electron chi connectivity index (χ4n) is 0.783. The van der Waals surface area contributed by atoms with Crippen molar-refractivity contribution in [2.45, 2.75) is 6.67 Å². The Balaban J connectivity index is 3.16. The fraction of sp³-hybridized carbons (Fsp3) is 0.125. The highest BCUT2D eigenvalue weighted by Gasteiger charge is 2.00. The average molecular weight is 172 g/mol. The summed E-state index contributed by atoms with van der Waals surface area (Å²) in [4.78, 5) is 3.88. The Morgan fingerprint density at radius 1 is 1.73 bits per heavy atom. The van der Waals surface area contributed by atoms with Crippen molar-refractivity contribution >= 4 is 17.7 Å². The van der Waals surface area contributed by atoms with Gasteiger partial charge in [-0.05, 0) is 12.1 Å². The zero-order valence-corrected chi connectivity index (χ0v) is 6.61. The van der Waals surface area contributed by atoms with Crippen molar-refractivity contribution < 1.29 is 4.39 Å². The van der Waals surface area contributed by atoms with Gasteiger partial charge in [-0.25, -0.2) is 4.39 Å². The molecule has 11 heavy (non-hydrogen) atoms. The van der Waals surface area contributed by atoms with Gasteiger partial charge in [-0.1, -0.05) is 18.2 Å². The molecule has 0 spiro atoms. The molecular formula is C8H7ClFN. The van der Waals surface area contributed by atoms with Crippen LogP contribution in [0.5, 0.6) is 0 Å². The monoisotopic (exact) mass is 171 g/mol. The van der Waals surface area contributed by atoms with Crippen LogP contribution in [0.1, 0.15) is 11.3 Å². The third-order valence-electron chi connectivity index (χ3n) is 1.31. The average Bonchev–Trinajstić information content (AvgIpc) is 2.04. The number of hydrogen-bond donors (Lipinski definition) is 0. The Morgan fingerprint density at radius 2 is 2.45 bits per heavy atom. The smallest absolute Gasteiger partial charge is 0.117 e. The summed E-state index contributed by atoms with van der Waals surface area (Å²) < 4.78 is 12.2. The van der Waals surface area contributed by atoms with Crippen molar-refractivity contribution in [1.82, 2.24) is 4.98 Å². The van der Waals surface area contributed by atoms with E-state index in [-0.39, 0.29) is 0 Å². The van der Waals surface area contributed by atoms with E-state index in [4.69, 9.17) is 11.6 Å². The lowest BCUT2D eigenvalue weighted by Crippen LogP contribution is -1.88. The van der Waals surface area contributed by atoms with Gasteiger partial charge in [0.2, 0.25) is 0 Å². The third-order valence-corrected chi connectivity index (χ3v) is 1.51. The highest BCUT2D eigenvalue weighted by Crippen LogP contribution is 2.14. The second-order valence-electron chi connectivity index (χ2n) is 2.04. The van der Waals surface area contributed by atoms with Crippen LogP contribution in [0.4, 0.5) is 4.39 Å². The molecule has 0 unspecified atom stereocenters. The quantitative estimate of drug-likeness (QED) is 0.667. The third kappa shape index (κ3) is 1.77. The molecule has 0 bridgehead atoms. The molecule has 1 nitrogen and oxygen atoms in total. The summed E-state index contributed by atoms with van der Waals surface area (Å²) >= 11 is 5.59. The van der Waals surface area contributed by atoms with Crippen LogP contribution in [-0.2, 0) is 6.67 Å².